The Bertz CT molecular complexity index is 301. The number of hydrogen-bond acceptors (Lipinski definition) is 1. The van der Waals surface area contributed by atoms with Gasteiger partial charge in [-0.05, 0) is 30.4 Å². The molecule has 1 aromatic heterocycles. The summed E-state index contributed by atoms with van der Waals surface area (Å²) in [6.45, 7) is 5.21. The van der Waals surface area contributed by atoms with Crippen molar-refractivity contribution in [3.63, 3.8) is 0 Å². The Morgan fingerprint density at radius 3 is 2.40 bits per heavy atom. The van der Waals surface area contributed by atoms with Gasteiger partial charge in [0.25, 0.3) is 0 Å². The molecule has 0 amide bonds. The lowest BCUT2D eigenvalue weighted by atomic mass is 9.84. The molecule has 0 bridgehead atoms. The van der Waals surface area contributed by atoms with Crippen LogP contribution < -0.4 is 0 Å². The fraction of sp³-hybridized carbons (Fsp3) is 0.583. The number of carboxylic acid groups (broad SMARTS) is 1. The number of carbonyl (C=O) groups is 1. The van der Waals surface area contributed by atoms with Crippen LogP contribution in [0.3, 0.4) is 0 Å². The minimum absolute atomic E-state index is 0.0999. The van der Waals surface area contributed by atoms with Gasteiger partial charge in [-0.2, -0.15) is 0 Å². The van der Waals surface area contributed by atoms with Crippen molar-refractivity contribution in [3.8, 4) is 0 Å². The first-order valence-corrected chi connectivity index (χ1v) is 5.32. The molecule has 0 aliphatic carbocycles. The molecule has 0 spiro atoms. The number of carboxylic acids is 1. The molecule has 0 unspecified atom stereocenters. The fourth-order valence-corrected chi connectivity index (χ4v) is 1.52. The number of rotatable bonds is 6. The minimum Gasteiger partial charge on any atom is -0.481 e. The van der Waals surface area contributed by atoms with Gasteiger partial charge < -0.3 is 9.67 Å². The second kappa shape index (κ2) is 5.01. The molecule has 15 heavy (non-hydrogen) atoms. The second-order valence-electron chi connectivity index (χ2n) is 4.73. The molecule has 84 valence electrons. The lowest BCUT2D eigenvalue weighted by Gasteiger charge is -2.23. The molecule has 0 saturated heterocycles. The lowest BCUT2D eigenvalue weighted by molar-refractivity contribution is -0.137. The van der Waals surface area contributed by atoms with E-state index in [0.717, 1.165) is 19.4 Å². The zero-order valence-electron chi connectivity index (χ0n) is 9.44. The van der Waals surface area contributed by atoms with Gasteiger partial charge in [0, 0.05) is 25.4 Å². The molecule has 0 aliphatic heterocycles. The summed E-state index contributed by atoms with van der Waals surface area (Å²) in [7, 11) is 0. The standard InChI is InChI=1S/C12H19NO2/c1-12(2,6-5-11(14)15)7-10-13-8-3-4-9-13/h3-4,8-9H,5-7,10H2,1-2H3,(H,14,15). The van der Waals surface area contributed by atoms with Crippen LogP contribution in [0.25, 0.3) is 0 Å². The molecule has 1 rings (SSSR count). The van der Waals surface area contributed by atoms with Crippen LogP contribution in [0.5, 0.6) is 0 Å². The minimum atomic E-state index is -0.705. The van der Waals surface area contributed by atoms with Crippen LogP contribution in [0, 0.1) is 5.41 Å². The first kappa shape index (κ1) is 11.8. The predicted octanol–water partition coefficient (Wildman–Crippen LogP) is 2.77. The Balaban J connectivity index is 2.32. The van der Waals surface area contributed by atoms with Crippen LogP contribution in [0.15, 0.2) is 24.5 Å². The first-order valence-electron chi connectivity index (χ1n) is 5.32. The Morgan fingerprint density at radius 1 is 1.27 bits per heavy atom. The summed E-state index contributed by atoms with van der Waals surface area (Å²) in [6, 6.07) is 4.01. The van der Waals surface area contributed by atoms with E-state index in [9.17, 15) is 4.79 Å². The van der Waals surface area contributed by atoms with E-state index in [1.807, 2.05) is 24.5 Å². The highest BCUT2D eigenvalue weighted by Gasteiger charge is 2.18. The Hall–Kier alpha value is -1.25. The van der Waals surface area contributed by atoms with Crippen LogP contribution in [-0.4, -0.2) is 15.6 Å². The van der Waals surface area contributed by atoms with Crippen molar-refractivity contribution in [2.24, 2.45) is 5.41 Å². The average molecular weight is 209 g/mol. The summed E-state index contributed by atoms with van der Waals surface area (Å²) in [4.78, 5) is 10.5. The van der Waals surface area contributed by atoms with E-state index in [0.29, 0.717) is 0 Å². The number of aryl methyl sites for hydroxylation is 1. The van der Waals surface area contributed by atoms with Gasteiger partial charge in [-0.15, -0.1) is 0 Å². The van der Waals surface area contributed by atoms with Gasteiger partial charge in [0.15, 0.2) is 0 Å². The summed E-state index contributed by atoms with van der Waals surface area (Å²) >= 11 is 0. The summed E-state index contributed by atoms with van der Waals surface area (Å²) in [5.41, 5.74) is 0.0999. The monoisotopic (exact) mass is 209 g/mol. The van der Waals surface area contributed by atoms with E-state index in [1.54, 1.807) is 0 Å². The van der Waals surface area contributed by atoms with E-state index >= 15 is 0 Å². The van der Waals surface area contributed by atoms with Crippen molar-refractivity contribution in [2.75, 3.05) is 0 Å². The number of hydrogen-bond donors (Lipinski definition) is 1. The van der Waals surface area contributed by atoms with E-state index in [-0.39, 0.29) is 11.8 Å². The van der Waals surface area contributed by atoms with E-state index in [4.69, 9.17) is 5.11 Å². The zero-order valence-corrected chi connectivity index (χ0v) is 9.44. The zero-order chi connectivity index (χ0) is 11.3. The van der Waals surface area contributed by atoms with Crippen LogP contribution in [0.2, 0.25) is 0 Å². The van der Waals surface area contributed by atoms with Gasteiger partial charge >= 0.3 is 5.97 Å². The quantitative estimate of drug-likeness (QED) is 0.782. The molecule has 3 heteroatoms. The van der Waals surface area contributed by atoms with Crippen LogP contribution in [0.1, 0.15) is 33.1 Å². The normalized spacial score (nSPS) is 11.6. The highest BCUT2D eigenvalue weighted by atomic mass is 16.4. The Morgan fingerprint density at radius 2 is 1.87 bits per heavy atom. The van der Waals surface area contributed by atoms with Gasteiger partial charge in [0.2, 0.25) is 0 Å². The molecule has 0 aromatic carbocycles. The van der Waals surface area contributed by atoms with Gasteiger partial charge in [0.05, 0.1) is 0 Å². The molecular formula is C12H19NO2. The third kappa shape index (κ3) is 4.68. The van der Waals surface area contributed by atoms with Crippen molar-refractivity contribution >= 4 is 5.97 Å². The van der Waals surface area contributed by atoms with Crippen molar-refractivity contribution in [1.82, 2.24) is 4.57 Å². The van der Waals surface area contributed by atoms with Gasteiger partial charge in [-0.25, -0.2) is 0 Å². The first-order chi connectivity index (χ1) is 6.99. The van der Waals surface area contributed by atoms with Crippen molar-refractivity contribution in [3.05, 3.63) is 24.5 Å². The van der Waals surface area contributed by atoms with Crippen molar-refractivity contribution in [2.45, 2.75) is 39.7 Å². The van der Waals surface area contributed by atoms with Gasteiger partial charge in [0.1, 0.15) is 0 Å². The largest absolute Gasteiger partial charge is 0.481 e. The lowest BCUT2D eigenvalue weighted by Crippen LogP contribution is -2.16. The van der Waals surface area contributed by atoms with Gasteiger partial charge in [-0.3, -0.25) is 4.79 Å². The van der Waals surface area contributed by atoms with Crippen molar-refractivity contribution in [1.29, 1.82) is 0 Å². The third-order valence-electron chi connectivity index (χ3n) is 2.73. The molecule has 1 heterocycles. The number of aromatic nitrogens is 1. The van der Waals surface area contributed by atoms with Crippen LogP contribution in [0.4, 0.5) is 0 Å². The van der Waals surface area contributed by atoms with E-state index < -0.39 is 5.97 Å². The second-order valence-corrected chi connectivity index (χ2v) is 4.73. The highest BCUT2D eigenvalue weighted by molar-refractivity contribution is 5.66. The van der Waals surface area contributed by atoms with E-state index in [1.165, 1.54) is 0 Å². The topological polar surface area (TPSA) is 42.2 Å². The molecule has 1 aromatic rings. The number of aliphatic carboxylic acids is 1. The molecular weight excluding hydrogens is 190 g/mol. The Kier molecular flexibility index (Phi) is 3.95. The summed E-state index contributed by atoms with van der Waals surface area (Å²) in [6.07, 6.45) is 6.08. The molecule has 0 saturated carbocycles. The van der Waals surface area contributed by atoms with Crippen LogP contribution in [-0.2, 0) is 11.3 Å². The molecule has 3 nitrogen and oxygen atoms in total. The maximum absolute atomic E-state index is 10.5. The smallest absolute Gasteiger partial charge is 0.303 e. The molecule has 0 fully saturated rings. The molecule has 1 N–H and O–H groups in total. The summed E-state index contributed by atoms with van der Waals surface area (Å²) < 4.78 is 2.13. The molecule has 0 atom stereocenters. The molecule has 0 radical (unpaired) electrons. The maximum atomic E-state index is 10.5. The van der Waals surface area contributed by atoms with Crippen molar-refractivity contribution < 1.29 is 9.90 Å². The summed E-state index contributed by atoms with van der Waals surface area (Å²) in [5.74, 6) is -0.705. The average Bonchev–Trinajstić information content (AvgIpc) is 2.65. The summed E-state index contributed by atoms with van der Waals surface area (Å²) in [5, 5.41) is 8.62. The predicted molar refractivity (Wildman–Crippen MR) is 59.7 cm³/mol. The van der Waals surface area contributed by atoms with Gasteiger partial charge in [-0.1, -0.05) is 13.8 Å². The SMILES string of the molecule is CC(C)(CCC(=O)O)CCn1cccc1. The third-order valence-corrected chi connectivity index (χ3v) is 2.73. The maximum Gasteiger partial charge on any atom is 0.303 e. The van der Waals surface area contributed by atoms with E-state index in [2.05, 4.69) is 18.4 Å². The number of nitrogens with zero attached hydrogens (tertiary/aromatic N) is 1. The molecule has 0 aliphatic rings. The fourth-order valence-electron chi connectivity index (χ4n) is 1.52. The highest BCUT2D eigenvalue weighted by Crippen LogP contribution is 2.27. The Labute approximate surface area is 90.7 Å². The van der Waals surface area contributed by atoms with Crippen LogP contribution >= 0.6 is 0 Å².